The van der Waals surface area contributed by atoms with Crippen LogP contribution >= 0.6 is 0 Å². The number of hydrogen-bond donors (Lipinski definition) is 0. The van der Waals surface area contributed by atoms with Crippen LogP contribution in [0.1, 0.15) is 80.6 Å². The average molecular weight is 410 g/mol. The van der Waals surface area contributed by atoms with Crippen molar-refractivity contribution in [2.45, 2.75) is 86.1 Å². The highest BCUT2D eigenvalue weighted by atomic mass is 16.5. The van der Waals surface area contributed by atoms with Gasteiger partial charge in [0.05, 0.1) is 6.61 Å². The Kier molecular flexibility index (Phi) is 7.91. The fraction of sp³-hybridized carbons (Fsp3) is 0.773. The Bertz CT molecular complexity index is 693. The van der Waals surface area contributed by atoms with Crippen molar-refractivity contribution in [3.05, 3.63) is 0 Å². The van der Waals surface area contributed by atoms with Crippen molar-refractivity contribution in [2.75, 3.05) is 13.2 Å². The van der Waals surface area contributed by atoms with E-state index in [1.54, 1.807) is 48.5 Å². The number of rotatable bonds is 9. The summed E-state index contributed by atoms with van der Waals surface area (Å²) in [5.41, 5.74) is -4.01. The van der Waals surface area contributed by atoms with Crippen LogP contribution in [-0.4, -0.2) is 52.8 Å². The van der Waals surface area contributed by atoms with Gasteiger partial charge in [-0.05, 0) is 39.0 Å². The number of likely N-dealkylation sites (tertiary alicyclic amines) is 1. The van der Waals surface area contributed by atoms with E-state index >= 15 is 0 Å². The summed E-state index contributed by atoms with van der Waals surface area (Å²) < 4.78 is 5.16. The van der Waals surface area contributed by atoms with Gasteiger partial charge in [0.15, 0.2) is 0 Å². The van der Waals surface area contributed by atoms with E-state index in [1.807, 2.05) is 0 Å². The summed E-state index contributed by atoms with van der Waals surface area (Å²) in [5, 5.41) is 0. The molecular weight excluding hydrogens is 374 g/mol. The van der Waals surface area contributed by atoms with Gasteiger partial charge in [-0.2, -0.15) is 0 Å². The third-order valence-electron chi connectivity index (χ3n) is 6.26. The predicted molar refractivity (Wildman–Crippen MR) is 108 cm³/mol. The number of piperidine rings is 1. The van der Waals surface area contributed by atoms with Gasteiger partial charge < -0.3 is 9.64 Å². The Morgan fingerprint density at radius 1 is 0.862 bits per heavy atom. The maximum atomic E-state index is 13.4. The van der Waals surface area contributed by atoms with Crippen molar-refractivity contribution in [1.29, 1.82) is 0 Å². The van der Waals surface area contributed by atoms with Crippen LogP contribution in [0.4, 0.5) is 0 Å². The highest BCUT2D eigenvalue weighted by Gasteiger charge is 2.59. The minimum atomic E-state index is -2.08. The molecule has 0 saturated carbocycles. The lowest BCUT2D eigenvalue weighted by molar-refractivity contribution is -0.175. The molecule has 0 aromatic carbocycles. The van der Waals surface area contributed by atoms with Crippen LogP contribution in [0.3, 0.4) is 0 Å². The molecule has 7 heteroatoms. The van der Waals surface area contributed by atoms with Crippen LogP contribution in [0.5, 0.6) is 0 Å². The molecule has 0 bridgehead atoms. The minimum absolute atomic E-state index is 0.00431. The molecule has 0 radical (unpaired) electrons. The monoisotopic (exact) mass is 409 g/mol. The maximum Gasteiger partial charge on any atom is 0.340 e. The average Bonchev–Trinajstić information content (AvgIpc) is 2.71. The number of ether oxygens (including phenoxy) is 1. The standard InChI is InChI=1S/C22H35NO6/c1-8-20(4,5)15(24)16(25)22(19(28)29-10-3)13-11-12-14-23(22)18(27)17(26)21(6,7)9-2/h8-14H2,1-7H3. The molecule has 1 aliphatic rings. The van der Waals surface area contributed by atoms with Gasteiger partial charge in [0.1, 0.15) is 0 Å². The summed E-state index contributed by atoms with van der Waals surface area (Å²) in [5.74, 6) is -4.20. The normalized spacial score (nSPS) is 20.2. The SMILES string of the molecule is CCOC(=O)C1(C(=O)C(=O)C(C)(C)CC)CCCCN1C(=O)C(=O)C(C)(C)CC. The predicted octanol–water partition coefficient (Wildman–Crippen LogP) is 2.88. The van der Waals surface area contributed by atoms with Crippen LogP contribution < -0.4 is 0 Å². The molecular formula is C22H35NO6. The number of nitrogens with zero attached hydrogens (tertiary/aromatic N) is 1. The molecule has 7 nitrogen and oxygen atoms in total. The van der Waals surface area contributed by atoms with Gasteiger partial charge in [0.2, 0.25) is 22.9 Å². The molecule has 1 heterocycles. The first-order valence-corrected chi connectivity index (χ1v) is 10.5. The first-order chi connectivity index (χ1) is 13.3. The Labute approximate surface area is 173 Å². The molecule has 164 valence electrons. The Morgan fingerprint density at radius 3 is 1.86 bits per heavy atom. The van der Waals surface area contributed by atoms with E-state index in [-0.39, 0.29) is 19.6 Å². The highest BCUT2D eigenvalue weighted by Crippen LogP contribution is 2.36. The van der Waals surface area contributed by atoms with Gasteiger partial charge in [0.25, 0.3) is 5.91 Å². The molecule has 0 aliphatic carbocycles. The Morgan fingerprint density at radius 2 is 1.38 bits per heavy atom. The van der Waals surface area contributed by atoms with Crippen LogP contribution in [0, 0.1) is 10.8 Å². The molecule has 1 saturated heterocycles. The molecule has 29 heavy (non-hydrogen) atoms. The number of hydrogen-bond acceptors (Lipinski definition) is 6. The smallest absolute Gasteiger partial charge is 0.340 e. The van der Waals surface area contributed by atoms with Crippen molar-refractivity contribution < 1.29 is 28.7 Å². The molecule has 1 unspecified atom stereocenters. The van der Waals surface area contributed by atoms with E-state index in [0.717, 1.165) is 4.90 Å². The summed E-state index contributed by atoms with van der Waals surface area (Å²) in [4.78, 5) is 66.6. The van der Waals surface area contributed by atoms with E-state index in [9.17, 15) is 24.0 Å². The van der Waals surface area contributed by atoms with Gasteiger partial charge in [-0.25, -0.2) is 4.79 Å². The van der Waals surface area contributed by atoms with E-state index in [0.29, 0.717) is 25.7 Å². The van der Waals surface area contributed by atoms with Crippen LogP contribution in [-0.2, 0) is 28.7 Å². The summed E-state index contributed by atoms with van der Waals surface area (Å²) in [6.07, 6.45) is 1.80. The van der Waals surface area contributed by atoms with Crippen LogP contribution in [0.15, 0.2) is 0 Å². The molecule has 1 fully saturated rings. The second-order valence-corrected chi connectivity index (χ2v) is 8.96. The lowest BCUT2D eigenvalue weighted by Crippen LogP contribution is -2.68. The number of amides is 1. The molecule has 1 aliphatic heterocycles. The minimum Gasteiger partial charge on any atom is -0.464 e. The lowest BCUT2D eigenvalue weighted by atomic mass is 9.73. The molecule has 0 aromatic rings. The number of esters is 1. The Balaban J connectivity index is 3.57. The topological polar surface area (TPSA) is 97.8 Å². The van der Waals surface area contributed by atoms with Crippen molar-refractivity contribution in [3.8, 4) is 0 Å². The molecule has 0 spiro atoms. The summed E-state index contributed by atoms with van der Waals surface area (Å²) in [6, 6.07) is 0. The molecule has 1 rings (SSSR count). The first-order valence-electron chi connectivity index (χ1n) is 10.5. The van der Waals surface area contributed by atoms with Gasteiger partial charge in [0, 0.05) is 17.4 Å². The summed E-state index contributed by atoms with van der Waals surface area (Å²) in [6.45, 7) is 11.8. The van der Waals surface area contributed by atoms with Gasteiger partial charge >= 0.3 is 5.97 Å². The second-order valence-electron chi connectivity index (χ2n) is 8.96. The molecule has 0 N–H and O–H groups in total. The van der Waals surface area contributed by atoms with Crippen molar-refractivity contribution in [2.24, 2.45) is 10.8 Å². The number of carbonyl (C=O) groups is 5. The fourth-order valence-corrected chi connectivity index (χ4v) is 3.27. The van der Waals surface area contributed by atoms with Gasteiger partial charge in [-0.3, -0.25) is 19.2 Å². The van der Waals surface area contributed by atoms with E-state index < -0.39 is 45.6 Å². The number of ketones is 3. The van der Waals surface area contributed by atoms with Crippen molar-refractivity contribution in [1.82, 2.24) is 4.90 Å². The summed E-state index contributed by atoms with van der Waals surface area (Å²) >= 11 is 0. The van der Waals surface area contributed by atoms with Crippen LogP contribution in [0.2, 0.25) is 0 Å². The fourth-order valence-electron chi connectivity index (χ4n) is 3.27. The van der Waals surface area contributed by atoms with E-state index in [1.165, 1.54) is 0 Å². The zero-order valence-electron chi connectivity index (χ0n) is 18.8. The highest BCUT2D eigenvalue weighted by molar-refractivity contribution is 6.48. The van der Waals surface area contributed by atoms with Crippen LogP contribution in [0.25, 0.3) is 0 Å². The van der Waals surface area contributed by atoms with E-state index in [2.05, 4.69) is 0 Å². The molecule has 0 aromatic heterocycles. The zero-order valence-corrected chi connectivity index (χ0v) is 18.8. The zero-order chi connectivity index (χ0) is 22.6. The van der Waals surface area contributed by atoms with Crippen molar-refractivity contribution in [3.63, 3.8) is 0 Å². The molecule has 1 amide bonds. The van der Waals surface area contributed by atoms with Gasteiger partial charge in [-0.1, -0.05) is 41.5 Å². The first kappa shape index (κ1) is 25.0. The van der Waals surface area contributed by atoms with Crippen molar-refractivity contribution >= 4 is 29.2 Å². The number of carbonyl (C=O) groups excluding carboxylic acids is 5. The van der Waals surface area contributed by atoms with E-state index in [4.69, 9.17) is 4.74 Å². The lowest BCUT2D eigenvalue weighted by Gasteiger charge is -2.44. The second kappa shape index (κ2) is 9.18. The largest absolute Gasteiger partial charge is 0.464 e. The molecule has 1 atom stereocenters. The number of Topliss-reactive ketones (excluding diaryl/α,β-unsaturated/α-hetero) is 3. The quantitative estimate of drug-likeness (QED) is 0.330. The Hall–Kier alpha value is -2.05. The third-order valence-corrected chi connectivity index (χ3v) is 6.26. The maximum absolute atomic E-state index is 13.4. The summed E-state index contributed by atoms with van der Waals surface area (Å²) in [7, 11) is 0. The van der Waals surface area contributed by atoms with Gasteiger partial charge in [-0.15, -0.1) is 0 Å². The third kappa shape index (κ3) is 4.59.